The molecule has 0 unspecified atom stereocenters. The Morgan fingerprint density at radius 3 is 2.96 bits per heavy atom. The Morgan fingerprint density at radius 2 is 2.19 bits per heavy atom. The maximum absolute atomic E-state index is 12.2. The Kier molecular flexibility index (Phi) is 5.71. The number of ether oxygens (including phenoxy) is 1. The van der Waals surface area contributed by atoms with E-state index >= 15 is 0 Å². The lowest BCUT2D eigenvalue weighted by molar-refractivity contribution is -0.119. The number of aryl methyl sites for hydroxylation is 1. The van der Waals surface area contributed by atoms with Gasteiger partial charge in [-0.25, -0.2) is 9.97 Å². The number of hydrogen-bond acceptors (Lipinski definition) is 6. The third kappa shape index (κ3) is 4.31. The van der Waals surface area contributed by atoms with Gasteiger partial charge < -0.3 is 10.1 Å². The molecule has 2 aromatic heterocycles. The summed E-state index contributed by atoms with van der Waals surface area (Å²) in [6, 6.07) is 8.45. The molecule has 3 heterocycles. The number of aromatic nitrogens is 2. The smallest absolute Gasteiger partial charge is 0.230 e. The molecular formula is C20H21N3O2S2. The topological polar surface area (TPSA) is 64.1 Å². The highest BCUT2D eigenvalue weighted by Crippen LogP contribution is 2.37. The maximum atomic E-state index is 12.2. The lowest BCUT2D eigenvalue weighted by Crippen LogP contribution is -2.32. The molecule has 27 heavy (non-hydrogen) atoms. The van der Waals surface area contributed by atoms with Crippen molar-refractivity contribution in [2.75, 3.05) is 18.9 Å². The van der Waals surface area contributed by atoms with E-state index in [-0.39, 0.29) is 12.0 Å². The van der Waals surface area contributed by atoms with Crippen LogP contribution in [0.2, 0.25) is 0 Å². The van der Waals surface area contributed by atoms with E-state index in [1.54, 1.807) is 17.7 Å². The van der Waals surface area contributed by atoms with Gasteiger partial charge in [-0.05, 0) is 25.3 Å². The van der Waals surface area contributed by atoms with Crippen LogP contribution >= 0.6 is 23.1 Å². The predicted molar refractivity (Wildman–Crippen MR) is 110 cm³/mol. The van der Waals surface area contributed by atoms with Crippen LogP contribution < -0.4 is 5.32 Å². The second kappa shape index (κ2) is 8.37. The zero-order chi connectivity index (χ0) is 18.6. The second-order valence-electron chi connectivity index (χ2n) is 6.60. The Hall–Kier alpha value is -1.96. The number of thiophene rings is 1. The minimum Gasteiger partial charge on any atom is -0.376 e. The second-order valence-corrected chi connectivity index (χ2v) is 8.42. The van der Waals surface area contributed by atoms with Gasteiger partial charge >= 0.3 is 0 Å². The zero-order valence-corrected chi connectivity index (χ0v) is 16.7. The predicted octanol–water partition coefficient (Wildman–Crippen LogP) is 4.05. The van der Waals surface area contributed by atoms with Crippen molar-refractivity contribution in [3.05, 3.63) is 41.5 Å². The van der Waals surface area contributed by atoms with Crippen molar-refractivity contribution in [2.24, 2.45) is 0 Å². The van der Waals surface area contributed by atoms with Crippen molar-refractivity contribution in [2.45, 2.75) is 30.9 Å². The van der Waals surface area contributed by atoms with Gasteiger partial charge in [-0.3, -0.25) is 4.79 Å². The third-order valence-electron chi connectivity index (χ3n) is 4.59. The number of rotatable bonds is 6. The Bertz CT molecular complexity index is 934. The molecule has 1 aromatic carbocycles. The summed E-state index contributed by atoms with van der Waals surface area (Å²) in [5, 5.41) is 6.96. The molecule has 3 aromatic rings. The number of nitrogens with one attached hydrogen (secondary N) is 1. The largest absolute Gasteiger partial charge is 0.376 e. The molecule has 7 heteroatoms. The number of benzene rings is 1. The van der Waals surface area contributed by atoms with Crippen molar-refractivity contribution in [1.29, 1.82) is 0 Å². The zero-order valence-electron chi connectivity index (χ0n) is 15.1. The van der Waals surface area contributed by atoms with Crippen LogP contribution in [0.25, 0.3) is 21.3 Å². The first kappa shape index (κ1) is 18.4. The van der Waals surface area contributed by atoms with Gasteiger partial charge in [0.05, 0.1) is 17.2 Å². The summed E-state index contributed by atoms with van der Waals surface area (Å²) in [7, 11) is 0. The van der Waals surface area contributed by atoms with Gasteiger partial charge in [-0.1, -0.05) is 41.6 Å². The van der Waals surface area contributed by atoms with Gasteiger partial charge in [0.25, 0.3) is 0 Å². The van der Waals surface area contributed by atoms with E-state index in [0.717, 1.165) is 45.8 Å². The monoisotopic (exact) mass is 399 g/mol. The quantitative estimate of drug-likeness (QED) is 0.500. The van der Waals surface area contributed by atoms with Crippen molar-refractivity contribution in [3.8, 4) is 11.1 Å². The van der Waals surface area contributed by atoms with Crippen LogP contribution in [-0.4, -0.2) is 40.9 Å². The molecule has 1 atom stereocenters. The molecule has 1 aliphatic rings. The Balaban J connectivity index is 1.49. The average Bonchev–Trinajstić information content (AvgIpc) is 3.35. The average molecular weight is 400 g/mol. The summed E-state index contributed by atoms with van der Waals surface area (Å²) in [5.74, 6) is 0.344. The van der Waals surface area contributed by atoms with Crippen LogP contribution in [0, 0.1) is 6.92 Å². The van der Waals surface area contributed by atoms with E-state index in [2.05, 4.69) is 51.9 Å². The highest BCUT2D eigenvalue weighted by atomic mass is 32.2. The van der Waals surface area contributed by atoms with Gasteiger partial charge in [0.2, 0.25) is 5.91 Å². The first-order valence-electron chi connectivity index (χ1n) is 9.01. The highest BCUT2D eigenvalue weighted by Gasteiger charge is 2.17. The fraction of sp³-hybridized carbons (Fsp3) is 0.350. The van der Waals surface area contributed by atoms with E-state index in [4.69, 9.17) is 4.74 Å². The van der Waals surface area contributed by atoms with E-state index < -0.39 is 0 Å². The maximum Gasteiger partial charge on any atom is 0.230 e. The number of amides is 1. The van der Waals surface area contributed by atoms with Gasteiger partial charge in [0, 0.05) is 24.1 Å². The molecule has 4 rings (SSSR count). The molecule has 1 saturated heterocycles. The van der Waals surface area contributed by atoms with E-state index in [9.17, 15) is 4.79 Å². The standard InChI is InChI=1S/C20H21N3O2S2/c1-13-4-6-14(7-5-13)16-10-26-19-18(16)20(23-12-22-19)27-11-17(24)21-9-15-3-2-8-25-15/h4-7,10,12,15H,2-3,8-9,11H2,1H3,(H,21,24)/t15-/m0/s1. The van der Waals surface area contributed by atoms with Crippen molar-refractivity contribution in [1.82, 2.24) is 15.3 Å². The van der Waals surface area contributed by atoms with E-state index in [1.807, 2.05) is 0 Å². The minimum atomic E-state index is 0.00868. The summed E-state index contributed by atoms with van der Waals surface area (Å²) in [6.07, 6.45) is 3.84. The van der Waals surface area contributed by atoms with Crippen LogP contribution in [0.4, 0.5) is 0 Å². The first-order valence-corrected chi connectivity index (χ1v) is 10.9. The Labute approximate surface area is 166 Å². The normalized spacial score (nSPS) is 16.7. The lowest BCUT2D eigenvalue weighted by atomic mass is 10.1. The van der Waals surface area contributed by atoms with Crippen LogP contribution in [0.3, 0.4) is 0 Å². The summed E-state index contributed by atoms with van der Waals surface area (Å²) < 4.78 is 5.55. The molecule has 140 valence electrons. The number of carbonyl (C=O) groups is 1. The number of hydrogen-bond donors (Lipinski definition) is 1. The molecule has 0 bridgehead atoms. The number of thioether (sulfide) groups is 1. The van der Waals surface area contributed by atoms with Crippen LogP contribution in [0.15, 0.2) is 41.0 Å². The number of carbonyl (C=O) groups excluding carboxylic acids is 1. The molecule has 1 amide bonds. The van der Waals surface area contributed by atoms with Gasteiger partial charge in [0.1, 0.15) is 16.2 Å². The fourth-order valence-corrected chi connectivity index (χ4v) is 4.94. The molecule has 0 saturated carbocycles. The summed E-state index contributed by atoms with van der Waals surface area (Å²) in [6.45, 7) is 3.47. The number of fused-ring (bicyclic) bond motifs is 1. The Morgan fingerprint density at radius 1 is 1.33 bits per heavy atom. The third-order valence-corrected chi connectivity index (χ3v) is 6.46. The molecule has 1 aliphatic heterocycles. The summed E-state index contributed by atoms with van der Waals surface area (Å²) in [5.41, 5.74) is 3.50. The van der Waals surface area contributed by atoms with Gasteiger partial charge in [0.15, 0.2) is 0 Å². The van der Waals surface area contributed by atoms with Crippen molar-refractivity contribution < 1.29 is 9.53 Å². The highest BCUT2D eigenvalue weighted by molar-refractivity contribution is 8.00. The van der Waals surface area contributed by atoms with Crippen LogP contribution in [-0.2, 0) is 9.53 Å². The van der Waals surface area contributed by atoms with E-state index in [0.29, 0.717) is 12.3 Å². The van der Waals surface area contributed by atoms with E-state index in [1.165, 1.54) is 17.3 Å². The lowest BCUT2D eigenvalue weighted by Gasteiger charge is -2.10. The van der Waals surface area contributed by atoms with Crippen molar-refractivity contribution in [3.63, 3.8) is 0 Å². The molecule has 0 aliphatic carbocycles. The molecule has 1 N–H and O–H groups in total. The molecule has 5 nitrogen and oxygen atoms in total. The number of nitrogens with zero attached hydrogens (tertiary/aromatic N) is 2. The van der Waals surface area contributed by atoms with Crippen LogP contribution in [0.5, 0.6) is 0 Å². The molecule has 1 fully saturated rings. The minimum absolute atomic E-state index is 0.00868. The molecular weight excluding hydrogens is 378 g/mol. The van der Waals surface area contributed by atoms with Crippen molar-refractivity contribution >= 4 is 39.2 Å². The molecule has 0 spiro atoms. The van der Waals surface area contributed by atoms with Gasteiger partial charge in [-0.15, -0.1) is 11.3 Å². The first-order chi connectivity index (χ1) is 13.2. The summed E-state index contributed by atoms with van der Waals surface area (Å²) in [4.78, 5) is 22.0. The van der Waals surface area contributed by atoms with Gasteiger partial charge in [-0.2, -0.15) is 0 Å². The van der Waals surface area contributed by atoms with Crippen LogP contribution in [0.1, 0.15) is 18.4 Å². The SMILES string of the molecule is Cc1ccc(-c2csc3ncnc(SCC(=O)NC[C@@H]4CCCO4)c23)cc1. The summed E-state index contributed by atoms with van der Waals surface area (Å²) >= 11 is 3.07. The molecule has 0 radical (unpaired) electrons. The fourth-order valence-electron chi connectivity index (χ4n) is 3.12.